The maximum absolute atomic E-state index is 12.3. The third-order valence-corrected chi connectivity index (χ3v) is 4.99. The Morgan fingerprint density at radius 1 is 1.07 bits per heavy atom. The van der Waals surface area contributed by atoms with Crippen LogP contribution < -0.4 is 19.7 Å². The average Bonchev–Trinajstić information content (AvgIpc) is 2.66. The number of nitrogens with one attached hydrogen (secondary N) is 2. The SMILES string of the molecule is CCc1ccc(S(=O)(=O)NNC(=O)c2ccc(OC(C)C)c(OC)c2)cc1. The lowest BCUT2D eigenvalue weighted by Crippen LogP contribution is -2.41. The van der Waals surface area contributed by atoms with Gasteiger partial charge in [-0.2, -0.15) is 0 Å². The molecule has 2 aromatic carbocycles. The molecule has 146 valence electrons. The minimum absolute atomic E-state index is 0.0514. The highest BCUT2D eigenvalue weighted by atomic mass is 32.2. The van der Waals surface area contributed by atoms with E-state index in [1.54, 1.807) is 18.2 Å². The zero-order valence-corrected chi connectivity index (χ0v) is 16.6. The fourth-order valence-corrected chi connectivity index (χ4v) is 3.15. The molecular formula is C19H24N2O5S. The Balaban J connectivity index is 2.10. The molecular weight excluding hydrogens is 368 g/mol. The molecule has 27 heavy (non-hydrogen) atoms. The van der Waals surface area contributed by atoms with Crippen LogP contribution in [0.3, 0.4) is 0 Å². The van der Waals surface area contributed by atoms with Crippen LogP contribution in [0.2, 0.25) is 0 Å². The van der Waals surface area contributed by atoms with Crippen LogP contribution in [-0.4, -0.2) is 27.5 Å². The highest BCUT2D eigenvalue weighted by molar-refractivity contribution is 7.89. The molecule has 0 saturated heterocycles. The van der Waals surface area contributed by atoms with Crippen LogP contribution >= 0.6 is 0 Å². The lowest BCUT2D eigenvalue weighted by atomic mass is 10.2. The zero-order chi connectivity index (χ0) is 20.0. The van der Waals surface area contributed by atoms with Crippen molar-refractivity contribution >= 4 is 15.9 Å². The number of hydrogen-bond acceptors (Lipinski definition) is 5. The molecule has 1 amide bonds. The van der Waals surface area contributed by atoms with Gasteiger partial charge in [-0.3, -0.25) is 10.2 Å². The summed E-state index contributed by atoms with van der Waals surface area (Å²) < 4.78 is 35.4. The summed E-state index contributed by atoms with van der Waals surface area (Å²) in [6.45, 7) is 5.73. The predicted molar refractivity (Wildman–Crippen MR) is 102 cm³/mol. The Kier molecular flexibility index (Phi) is 6.81. The molecule has 0 aliphatic carbocycles. The van der Waals surface area contributed by atoms with E-state index >= 15 is 0 Å². The standard InChI is InChI=1S/C19H24N2O5S/c1-5-14-6-9-16(10-7-14)27(23,24)21-20-19(22)15-8-11-17(26-13(2)3)18(12-15)25-4/h6-13,21H,5H2,1-4H3,(H,20,22). The number of carbonyl (C=O) groups excluding carboxylic acids is 1. The van der Waals surface area contributed by atoms with Gasteiger partial charge in [0.05, 0.1) is 18.1 Å². The molecule has 7 nitrogen and oxygen atoms in total. The fraction of sp³-hybridized carbons (Fsp3) is 0.316. The summed E-state index contributed by atoms with van der Waals surface area (Å²) in [7, 11) is -2.40. The van der Waals surface area contributed by atoms with Crippen molar-refractivity contribution in [1.82, 2.24) is 10.3 Å². The molecule has 0 saturated carbocycles. The summed E-state index contributed by atoms with van der Waals surface area (Å²) in [6.07, 6.45) is 0.757. The van der Waals surface area contributed by atoms with Gasteiger partial charge in [0, 0.05) is 5.56 Å². The van der Waals surface area contributed by atoms with Crippen molar-refractivity contribution in [2.45, 2.75) is 38.2 Å². The number of sulfonamides is 1. The summed E-state index contributed by atoms with van der Waals surface area (Å²) in [4.78, 5) is 14.5. The van der Waals surface area contributed by atoms with Gasteiger partial charge in [-0.1, -0.05) is 19.1 Å². The van der Waals surface area contributed by atoms with Crippen molar-refractivity contribution in [3.05, 3.63) is 53.6 Å². The molecule has 0 atom stereocenters. The Labute approximate surface area is 159 Å². The Bertz CT molecular complexity index is 893. The molecule has 2 aromatic rings. The van der Waals surface area contributed by atoms with E-state index in [0.717, 1.165) is 12.0 Å². The maximum atomic E-state index is 12.3. The highest BCUT2D eigenvalue weighted by Gasteiger charge is 2.17. The van der Waals surface area contributed by atoms with Crippen LogP contribution in [0.5, 0.6) is 11.5 Å². The van der Waals surface area contributed by atoms with Gasteiger partial charge in [-0.05, 0) is 56.2 Å². The second kappa shape index (κ2) is 8.88. The van der Waals surface area contributed by atoms with Gasteiger partial charge in [0.2, 0.25) is 0 Å². The number of carbonyl (C=O) groups is 1. The van der Waals surface area contributed by atoms with Crippen LogP contribution in [0, 0.1) is 0 Å². The van der Waals surface area contributed by atoms with Gasteiger partial charge >= 0.3 is 0 Å². The fourth-order valence-electron chi connectivity index (χ4n) is 2.31. The summed E-state index contributed by atoms with van der Waals surface area (Å²) in [5.41, 5.74) is 3.46. The molecule has 0 fully saturated rings. The van der Waals surface area contributed by atoms with Crippen molar-refractivity contribution < 1.29 is 22.7 Å². The Hall–Kier alpha value is -2.58. The molecule has 0 spiro atoms. The first-order valence-corrected chi connectivity index (χ1v) is 10.0. The van der Waals surface area contributed by atoms with Crippen molar-refractivity contribution in [3.8, 4) is 11.5 Å². The van der Waals surface area contributed by atoms with E-state index in [9.17, 15) is 13.2 Å². The van der Waals surface area contributed by atoms with E-state index < -0.39 is 15.9 Å². The van der Waals surface area contributed by atoms with E-state index in [1.807, 2.05) is 20.8 Å². The largest absolute Gasteiger partial charge is 0.493 e. The Morgan fingerprint density at radius 2 is 1.74 bits per heavy atom. The molecule has 0 aliphatic rings. The van der Waals surface area contributed by atoms with Crippen molar-refractivity contribution in [3.63, 3.8) is 0 Å². The summed E-state index contributed by atoms with van der Waals surface area (Å²) in [5.74, 6) is 0.271. The predicted octanol–water partition coefficient (Wildman–Crippen LogP) is 2.67. The molecule has 2 rings (SSSR count). The van der Waals surface area contributed by atoms with Crippen molar-refractivity contribution in [2.24, 2.45) is 0 Å². The first-order valence-electron chi connectivity index (χ1n) is 8.52. The number of amides is 1. The van der Waals surface area contributed by atoms with Gasteiger partial charge in [-0.25, -0.2) is 8.42 Å². The van der Waals surface area contributed by atoms with Gasteiger partial charge in [0.1, 0.15) is 0 Å². The Morgan fingerprint density at radius 3 is 2.30 bits per heavy atom. The molecule has 0 radical (unpaired) electrons. The number of benzene rings is 2. The lowest BCUT2D eigenvalue weighted by Gasteiger charge is -2.14. The van der Waals surface area contributed by atoms with Gasteiger partial charge in [-0.15, -0.1) is 4.83 Å². The second-order valence-corrected chi connectivity index (χ2v) is 7.77. The molecule has 2 N–H and O–H groups in total. The van der Waals surface area contributed by atoms with E-state index in [2.05, 4.69) is 10.3 Å². The van der Waals surface area contributed by atoms with E-state index in [4.69, 9.17) is 9.47 Å². The third kappa shape index (κ3) is 5.45. The zero-order valence-electron chi connectivity index (χ0n) is 15.8. The van der Waals surface area contributed by atoms with Crippen LogP contribution in [0.25, 0.3) is 0 Å². The average molecular weight is 392 g/mol. The normalized spacial score (nSPS) is 11.3. The molecule has 0 heterocycles. The van der Waals surface area contributed by atoms with Crippen LogP contribution in [0.1, 0.15) is 36.7 Å². The van der Waals surface area contributed by atoms with Gasteiger partial charge in [0.25, 0.3) is 15.9 Å². The minimum Gasteiger partial charge on any atom is -0.493 e. The minimum atomic E-state index is -3.87. The smallest absolute Gasteiger partial charge is 0.266 e. The topological polar surface area (TPSA) is 93.7 Å². The van der Waals surface area contributed by atoms with Crippen LogP contribution in [-0.2, 0) is 16.4 Å². The lowest BCUT2D eigenvalue weighted by molar-refractivity contribution is 0.0944. The number of hydrogen-bond donors (Lipinski definition) is 2. The summed E-state index contributed by atoms with van der Waals surface area (Å²) in [6, 6.07) is 11.1. The van der Waals surface area contributed by atoms with Crippen LogP contribution in [0.15, 0.2) is 47.4 Å². The summed E-state index contributed by atoms with van der Waals surface area (Å²) in [5, 5.41) is 0. The molecule has 0 aliphatic heterocycles. The number of ether oxygens (including phenoxy) is 2. The van der Waals surface area contributed by atoms with E-state index in [-0.39, 0.29) is 16.6 Å². The summed E-state index contributed by atoms with van der Waals surface area (Å²) >= 11 is 0. The number of rotatable bonds is 8. The van der Waals surface area contributed by atoms with E-state index in [0.29, 0.717) is 11.5 Å². The first-order chi connectivity index (χ1) is 12.8. The molecule has 0 unspecified atom stereocenters. The molecule has 8 heteroatoms. The van der Waals surface area contributed by atoms with Crippen molar-refractivity contribution in [1.29, 1.82) is 0 Å². The maximum Gasteiger partial charge on any atom is 0.266 e. The quantitative estimate of drug-likeness (QED) is 0.674. The highest BCUT2D eigenvalue weighted by Crippen LogP contribution is 2.28. The molecule has 0 aromatic heterocycles. The monoisotopic (exact) mass is 392 g/mol. The number of hydrazine groups is 1. The third-order valence-electron chi connectivity index (χ3n) is 3.73. The number of aryl methyl sites for hydroxylation is 1. The van der Waals surface area contributed by atoms with Crippen LogP contribution in [0.4, 0.5) is 0 Å². The van der Waals surface area contributed by atoms with E-state index in [1.165, 1.54) is 31.4 Å². The van der Waals surface area contributed by atoms with Gasteiger partial charge < -0.3 is 9.47 Å². The van der Waals surface area contributed by atoms with Crippen molar-refractivity contribution in [2.75, 3.05) is 7.11 Å². The molecule has 0 bridgehead atoms. The second-order valence-electron chi connectivity index (χ2n) is 6.09. The number of methoxy groups -OCH3 is 1. The van der Waals surface area contributed by atoms with Gasteiger partial charge in [0.15, 0.2) is 11.5 Å². The first kappa shape index (κ1) is 20.7.